The first-order valence-corrected chi connectivity index (χ1v) is 12.6. The van der Waals surface area contributed by atoms with Gasteiger partial charge in [0.2, 0.25) is 0 Å². The van der Waals surface area contributed by atoms with Gasteiger partial charge in [0, 0.05) is 35.0 Å². The van der Waals surface area contributed by atoms with Gasteiger partial charge in [-0.3, -0.25) is 9.48 Å². The van der Waals surface area contributed by atoms with E-state index in [1.807, 2.05) is 32.2 Å². The third-order valence-electron chi connectivity index (χ3n) is 6.20. The van der Waals surface area contributed by atoms with Gasteiger partial charge in [0.15, 0.2) is 4.90 Å². The van der Waals surface area contributed by atoms with Crippen molar-refractivity contribution in [1.29, 1.82) is 0 Å². The van der Waals surface area contributed by atoms with E-state index in [0.717, 1.165) is 29.7 Å². The number of carbonyl (C=O) groups excluding carboxylic acids is 1. The molecule has 10 heteroatoms. The number of amides is 1. The highest BCUT2D eigenvalue weighted by Gasteiger charge is 2.39. The van der Waals surface area contributed by atoms with Gasteiger partial charge < -0.3 is 9.47 Å². The molecule has 34 heavy (non-hydrogen) atoms. The van der Waals surface area contributed by atoms with Crippen molar-refractivity contribution in [1.82, 2.24) is 19.5 Å². The first-order valence-electron chi connectivity index (χ1n) is 11.1. The Hall–Kier alpha value is -3.40. The number of benzene rings is 1. The summed E-state index contributed by atoms with van der Waals surface area (Å²) in [6.07, 6.45) is 5.54. The fourth-order valence-corrected chi connectivity index (χ4v) is 5.51. The maximum Gasteiger partial charge on any atom is 0.283 e. The molecule has 1 amide bonds. The molecule has 3 heterocycles. The number of hydrogen-bond acceptors (Lipinski definition) is 7. The van der Waals surface area contributed by atoms with Crippen molar-refractivity contribution < 1.29 is 22.7 Å². The van der Waals surface area contributed by atoms with Gasteiger partial charge in [-0.1, -0.05) is 26.0 Å². The molecule has 1 aliphatic heterocycles. The summed E-state index contributed by atoms with van der Waals surface area (Å²) in [6, 6.07) is 8.58. The highest BCUT2D eigenvalue weighted by Crippen LogP contribution is 2.46. The van der Waals surface area contributed by atoms with Crippen LogP contribution in [0.25, 0.3) is 0 Å². The second-order valence-corrected chi connectivity index (χ2v) is 10.9. The van der Waals surface area contributed by atoms with Gasteiger partial charge in [0.25, 0.3) is 15.9 Å². The number of aromatic nitrogens is 3. The normalized spacial score (nSPS) is 16.6. The molecule has 0 unspecified atom stereocenters. The smallest absolute Gasteiger partial charge is 0.283 e. The van der Waals surface area contributed by atoms with Crippen LogP contribution >= 0.6 is 0 Å². The number of methoxy groups -OCH3 is 1. The van der Waals surface area contributed by atoms with E-state index in [4.69, 9.17) is 9.47 Å². The topological polar surface area (TPSA) is 112 Å². The Labute approximate surface area is 198 Å². The first kappa shape index (κ1) is 22.4. The highest BCUT2D eigenvalue weighted by molar-refractivity contribution is 7.90. The van der Waals surface area contributed by atoms with E-state index in [1.54, 1.807) is 29.1 Å². The zero-order valence-corrected chi connectivity index (χ0v) is 20.1. The molecule has 0 bridgehead atoms. The zero-order valence-electron chi connectivity index (χ0n) is 19.2. The van der Waals surface area contributed by atoms with Crippen LogP contribution < -0.4 is 14.2 Å². The van der Waals surface area contributed by atoms with Crippen molar-refractivity contribution in [2.75, 3.05) is 13.7 Å². The van der Waals surface area contributed by atoms with Crippen LogP contribution in [0, 0.1) is 0 Å². The van der Waals surface area contributed by atoms with Gasteiger partial charge >= 0.3 is 0 Å². The lowest BCUT2D eigenvalue weighted by atomic mass is 9.87. The molecule has 0 saturated heterocycles. The van der Waals surface area contributed by atoms with E-state index < -0.39 is 15.9 Å². The van der Waals surface area contributed by atoms with Crippen molar-refractivity contribution >= 4 is 15.9 Å². The van der Waals surface area contributed by atoms with Gasteiger partial charge in [-0.2, -0.15) is 5.10 Å². The van der Waals surface area contributed by atoms with Crippen molar-refractivity contribution in [3.63, 3.8) is 0 Å². The Balaban J connectivity index is 1.46. The fourth-order valence-electron chi connectivity index (χ4n) is 4.23. The van der Waals surface area contributed by atoms with Crippen molar-refractivity contribution in [2.45, 2.75) is 49.5 Å². The molecule has 178 valence electrons. The summed E-state index contributed by atoms with van der Waals surface area (Å²) < 4.78 is 41.7. The lowest BCUT2D eigenvalue weighted by Crippen LogP contribution is -2.32. The van der Waals surface area contributed by atoms with Crippen LogP contribution in [0.3, 0.4) is 0 Å². The summed E-state index contributed by atoms with van der Waals surface area (Å²) in [5.41, 5.74) is 2.20. The number of carbonyl (C=O) groups is 1. The summed E-state index contributed by atoms with van der Waals surface area (Å²) in [6.45, 7) is 4.80. The third kappa shape index (κ3) is 4.02. The Morgan fingerprint density at radius 2 is 2.06 bits per heavy atom. The molecule has 2 aromatic heterocycles. The van der Waals surface area contributed by atoms with E-state index in [1.165, 1.54) is 7.11 Å². The molecule has 5 rings (SSSR count). The Morgan fingerprint density at radius 3 is 2.74 bits per heavy atom. The van der Waals surface area contributed by atoms with Gasteiger partial charge in [0.05, 0.1) is 20.3 Å². The Bertz CT molecular complexity index is 1360. The van der Waals surface area contributed by atoms with Crippen LogP contribution in [0.1, 0.15) is 59.9 Å². The van der Waals surface area contributed by atoms with E-state index in [2.05, 4.69) is 14.8 Å². The predicted molar refractivity (Wildman–Crippen MR) is 124 cm³/mol. The van der Waals surface area contributed by atoms with Crippen LogP contribution in [0.2, 0.25) is 0 Å². The van der Waals surface area contributed by atoms with Gasteiger partial charge in [-0.05, 0) is 36.6 Å². The summed E-state index contributed by atoms with van der Waals surface area (Å²) in [5.74, 6) is -0.212. The average Bonchev–Trinajstić information content (AvgIpc) is 3.43. The van der Waals surface area contributed by atoms with Crippen molar-refractivity contribution in [2.24, 2.45) is 0 Å². The third-order valence-corrected chi connectivity index (χ3v) is 7.58. The fraction of sp³-hybridized carbons (Fsp3) is 0.375. The molecule has 1 N–H and O–H groups in total. The molecule has 1 aliphatic carbocycles. The van der Waals surface area contributed by atoms with Gasteiger partial charge in [0.1, 0.15) is 17.2 Å². The Kier molecular flexibility index (Phi) is 5.35. The van der Waals surface area contributed by atoms with E-state index >= 15 is 0 Å². The second-order valence-electron chi connectivity index (χ2n) is 9.30. The number of fused-ring (bicyclic) bond motifs is 1. The maximum atomic E-state index is 13.3. The van der Waals surface area contributed by atoms with E-state index in [9.17, 15) is 13.2 Å². The number of nitrogens with one attached hydrogen (secondary N) is 1. The minimum Gasteiger partial charge on any atom is -0.495 e. The molecule has 2 aliphatic rings. The molecule has 9 nitrogen and oxygen atoms in total. The summed E-state index contributed by atoms with van der Waals surface area (Å²) in [5, 5.41) is 4.23. The second kappa shape index (κ2) is 8.12. The molecule has 3 aromatic rings. The molecule has 0 atom stereocenters. The predicted octanol–water partition coefficient (Wildman–Crippen LogP) is 3.00. The molecule has 1 aromatic carbocycles. The molecule has 0 radical (unpaired) electrons. The first-order chi connectivity index (χ1) is 16.2. The molecule has 1 saturated carbocycles. The van der Waals surface area contributed by atoms with Crippen LogP contribution in [-0.2, 0) is 22.0 Å². The van der Waals surface area contributed by atoms with Gasteiger partial charge in [-0.25, -0.2) is 18.1 Å². The molecular weight excluding hydrogens is 456 g/mol. The number of hydrogen-bond donors (Lipinski definition) is 1. The minimum absolute atomic E-state index is 0.0440. The van der Waals surface area contributed by atoms with E-state index in [-0.39, 0.29) is 33.4 Å². The summed E-state index contributed by atoms with van der Waals surface area (Å²) >= 11 is 0. The van der Waals surface area contributed by atoms with Crippen LogP contribution in [0.15, 0.2) is 47.6 Å². The maximum absolute atomic E-state index is 13.3. The number of rotatable bonds is 7. The monoisotopic (exact) mass is 482 g/mol. The van der Waals surface area contributed by atoms with Crippen LogP contribution in [-0.4, -0.2) is 42.8 Å². The number of sulfonamides is 1. The summed E-state index contributed by atoms with van der Waals surface area (Å²) in [4.78, 5) is 17.4. The molecule has 1 fully saturated rings. The quantitative estimate of drug-likeness (QED) is 0.551. The zero-order chi connectivity index (χ0) is 24.1. The standard InChI is InChI=1S/C24H26N4O5S/c1-24(2)14-33-21-17(24)8-10-19(32-3)22(21)34(30,31)27-23(29)18-9-7-16(13-28-12-4-11-25-28)20(26-18)15-5-6-15/h4,7-12,15H,5-6,13-14H2,1-3H3,(H,27,29). The Morgan fingerprint density at radius 1 is 1.26 bits per heavy atom. The van der Waals surface area contributed by atoms with Crippen LogP contribution in [0.4, 0.5) is 0 Å². The van der Waals surface area contributed by atoms with Gasteiger partial charge in [-0.15, -0.1) is 0 Å². The highest BCUT2D eigenvalue weighted by atomic mass is 32.2. The number of nitrogens with zero attached hydrogens (tertiary/aromatic N) is 3. The lowest BCUT2D eigenvalue weighted by Gasteiger charge is -2.17. The minimum atomic E-state index is -4.30. The number of ether oxygens (including phenoxy) is 2. The number of pyridine rings is 1. The van der Waals surface area contributed by atoms with Crippen LogP contribution in [0.5, 0.6) is 11.5 Å². The SMILES string of the molecule is COc1ccc2c(c1S(=O)(=O)NC(=O)c1ccc(Cn3cccn3)c(C3CC3)n1)OCC2(C)C. The van der Waals surface area contributed by atoms with E-state index in [0.29, 0.717) is 13.2 Å². The molecular formula is C24H26N4O5S. The lowest BCUT2D eigenvalue weighted by molar-refractivity contribution is 0.0976. The summed E-state index contributed by atoms with van der Waals surface area (Å²) in [7, 11) is -2.92. The van der Waals surface area contributed by atoms with Crippen molar-refractivity contribution in [3.8, 4) is 11.5 Å². The average molecular weight is 483 g/mol. The van der Waals surface area contributed by atoms with Crippen molar-refractivity contribution in [3.05, 3.63) is 65.2 Å². The largest absolute Gasteiger partial charge is 0.495 e. The molecule has 0 spiro atoms.